The number of nitrogens with two attached hydrogens (primary N) is 1. The molecule has 4 saturated heterocycles. The van der Waals surface area contributed by atoms with Gasteiger partial charge in [-0.15, -0.1) is 0 Å². The number of hydrogen-bond donors (Lipinski definition) is 2. The van der Waals surface area contributed by atoms with Gasteiger partial charge in [-0.05, 0) is 63.6 Å². The van der Waals surface area contributed by atoms with Crippen molar-refractivity contribution in [3.05, 3.63) is 39.8 Å². The number of carbonyl (C=O) groups is 1. The Labute approximate surface area is 277 Å². The maximum Gasteiger partial charge on any atom is 0.417 e. The van der Waals surface area contributed by atoms with Crippen LogP contribution in [-0.4, -0.2) is 96.5 Å². The zero-order chi connectivity index (χ0) is 34.0. The van der Waals surface area contributed by atoms with E-state index in [4.69, 9.17) is 29.9 Å². The van der Waals surface area contributed by atoms with Gasteiger partial charge in [-0.1, -0.05) is 0 Å². The molecule has 3 N–H and O–H groups in total. The second-order valence-corrected chi connectivity index (χ2v) is 14.2. The Bertz CT molecular complexity index is 1560. The van der Waals surface area contributed by atoms with E-state index in [0.717, 1.165) is 64.2 Å². The summed E-state index contributed by atoms with van der Waals surface area (Å²) in [6.07, 6.45) is -0.828. The van der Waals surface area contributed by atoms with E-state index >= 15 is 4.39 Å². The summed E-state index contributed by atoms with van der Waals surface area (Å²) >= 11 is 0. The fraction of sp³-hybridized carbons (Fsp3) is 0.667. The summed E-state index contributed by atoms with van der Waals surface area (Å²) in [6.45, 7) is 4.10. The fourth-order valence-corrected chi connectivity index (χ4v) is 8.52. The molecule has 4 fully saturated rings. The van der Waals surface area contributed by atoms with E-state index in [1.165, 1.54) is 11.8 Å². The predicted octanol–water partition coefficient (Wildman–Crippen LogP) is 4.35. The summed E-state index contributed by atoms with van der Waals surface area (Å²) in [5.41, 5.74) is 4.52. The van der Waals surface area contributed by atoms with E-state index in [-0.39, 0.29) is 48.0 Å². The molecular weight excluding hydrogens is 634 g/mol. The molecule has 0 radical (unpaired) electrons. The Morgan fingerprint density at radius 2 is 1.94 bits per heavy atom. The number of nitrogens with one attached hydrogen (secondary N) is 1. The van der Waals surface area contributed by atoms with Crippen LogP contribution in [0.15, 0.2) is 6.07 Å². The number of rotatable bonds is 7. The normalized spacial score (nSPS) is 28.4. The molecule has 5 atom stereocenters. The first-order valence-electron chi connectivity index (χ1n) is 16.7. The van der Waals surface area contributed by atoms with Crippen molar-refractivity contribution in [1.29, 1.82) is 0 Å². The van der Waals surface area contributed by atoms with Gasteiger partial charge in [0.05, 0.1) is 35.2 Å². The highest BCUT2D eigenvalue weighted by atomic mass is 19.4. The molecule has 7 rings (SSSR count). The van der Waals surface area contributed by atoms with Gasteiger partial charge < -0.3 is 35.1 Å². The molecule has 1 aromatic carbocycles. The number of fused-ring (bicyclic) bond motifs is 4. The highest BCUT2D eigenvalue weighted by Gasteiger charge is 2.50. The van der Waals surface area contributed by atoms with E-state index in [0.29, 0.717) is 42.4 Å². The molecule has 15 heteroatoms. The highest BCUT2D eigenvalue weighted by molar-refractivity contribution is 5.66. The van der Waals surface area contributed by atoms with Gasteiger partial charge >= 0.3 is 18.3 Å². The number of piperazine rings is 1. The summed E-state index contributed by atoms with van der Waals surface area (Å²) < 4.78 is 76.2. The molecule has 6 heterocycles. The molecule has 2 aromatic rings. The number of aromatic nitrogens is 2. The molecule has 0 aliphatic carbocycles. The first-order chi connectivity index (χ1) is 22.8. The molecule has 262 valence electrons. The van der Waals surface area contributed by atoms with Crippen LogP contribution in [0.2, 0.25) is 0 Å². The first kappa shape index (κ1) is 33.1. The van der Waals surface area contributed by atoms with E-state index in [1.54, 1.807) is 14.1 Å². The second kappa shape index (κ2) is 12.5. The number of ether oxygens (including phenoxy) is 3. The Kier molecular flexibility index (Phi) is 8.60. The third-order valence-corrected chi connectivity index (χ3v) is 10.8. The van der Waals surface area contributed by atoms with Crippen LogP contribution in [0.3, 0.4) is 0 Å². The highest BCUT2D eigenvalue weighted by Crippen LogP contribution is 2.46. The maximum atomic E-state index is 15.5. The van der Waals surface area contributed by atoms with E-state index in [2.05, 4.69) is 15.1 Å². The molecule has 11 nitrogen and oxygen atoms in total. The Morgan fingerprint density at radius 1 is 1.19 bits per heavy atom. The number of halogens is 4. The van der Waals surface area contributed by atoms with Gasteiger partial charge in [-0.25, -0.2) is 9.18 Å². The van der Waals surface area contributed by atoms with Crippen molar-refractivity contribution in [1.82, 2.24) is 25.1 Å². The van der Waals surface area contributed by atoms with Crippen LogP contribution in [0, 0.1) is 12.7 Å². The molecule has 5 aliphatic heterocycles. The summed E-state index contributed by atoms with van der Waals surface area (Å²) in [5, 5.41) is 3.62. The summed E-state index contributed by atoms with van der Waals surface area (Å²) in [5.74, 6) is -0.480. The van der Waals surface area contributed by atoms with Gasteiger partial charge in [-0.2, -0.15) is 23.1 Å². The topological polar surface area (TPSA) is 118 Å². The van der Waals surface area contributed by atoms with E-state index in [1.807, 2.05) is 0 Å². The summed E-state index contributed by atoms with van der Waals surface area (Å²) in [6, 6.07) is 1.83. The predicted molar refractivity (Wildman–Crippen MR) is 168 cm³/mol. The standard InChI is InChI=1S/C33H43F4N7O4/c1-18-11-23(38)28(34)26(27(18)33(35,36)37)25-12-24-22(16-46-25)29(43-13-19-5-6-20(14-43)39-19)41-30(40-24)48-17-32-8-4-10-44(32)21(7-9-32)15-47-31(45)42(2)3/h11,19-21,25,39H,4-10,12-17,38H2,1-3H3/t19?,20?,21-,25+,32-/m1/s1. The molecule has 1 amide bonds. The van der Waals surface area contributed by atoms with Crippen molar-refractivity contribution in [2.75, 3.05) is 57.6 Å². The molecular formula is C33H43F4N7O4. The number of anilines is 2. The fourth-order valence-electron chi connectivity index (χ4n) is 8.52. The molecule has 0 spiro atoms. The van der Waals surface area contributed by atoms with Crippen LogP contribution >= 0.6 is 0 Å². The monoisotopic (exact) mass is 677 g/mol. The van der Waals surface area contributed by atoms with Crippen LogP contribution < -0.4 is 20.7 Å². The van der Waals surface area contributed by atoms with Crippen molar-refractivity contribution in [3.63, 3.8) is 0 Å². The lowest BCUT2D eigenvalue weighted by atomic mass is 9.91. The van der Waals surface area contributed by atoms with Crippen molar-refractivity contribution < 1.29 is 36.6 Å². The van der Waals surface area contributed by atoms with Crippen LogP contribution in [0.25, 0.3) is 0 Å². The molecule has 48 heavy (non-hydrogen) atoms. The van der Waals surface area contributed by atoms with Crippen LogP contribution in [0.4, 0.5) is 33.9 Å². The quantitative estimate of drug-likeness (QED) is 0.324. The Hall–Kier alpha value is -3.43. The zero-order valence-electron chi connectivity index (χ0n) is 27.5. The third kappa shape index (κ3) is 6.02. The van der Waals surface area contributed by atoms with Crippen molar-refractivity contribution in [2.24, 2.45) is 0 Å². The second-order valence-electron chi connectivity index (χ2n) is 14.2. The van der Waals surface area contributed by atoms with Crippen LogP contribution in [-0.2, 0) is 28.7 Å². The van der Waals surface area contributed by atoms with Gasteiger partial charge in [-0.3, -0.25) is 4.90 Å². The van der Waals surface area contributed by atoms with Crippen molar-refractivity contribution in [3.8, 4) is 6.01 Å². The van der Waals surface area contributed by atoms with E-state index in [9.17, 15) is 18.0 Å². The third-order valence-electron chi connectivity index (χ3n) is 10.8. The molecule has 2 bridgehead atoms. The summed E-state index contributed by atoms with van der Waals surface area (Å²) in [7, 11) is 3.30. The molecule has 1 aromatic heterocycles. The number of aryl methyl sites for hydroxylation is 1. The lowest BCUT2D eigenvalue weighted by Crippen LogP contribution is -2.52. The number of benzene rings is 1. The number of amides is 1. The van der Waals surface area contributed by atoms with Gasteiger partial charge in [0.15, 0.2) is 5.82 Å². The van der Waals surface area contributed by atoms with Crippen LogP contribution in [0.1, 0.15) is 72.6 Å². The first-order valence-corrected chi connectivity index (χ1v) is 16.7. The number of alkyl halides is 3. The number of hydrogen-bond acceptors (Lipinski definition) is 10. The SMILES string of the molecule is Cc1cc(N)c(F)c([C@@H]2Cc3nc(OC[C@]45CCCN4[C@@H](COC(=O)N(C)C)CC5)nc(N4CC5CCC(C4)N5)c3CO2)c1C(F)(F)F. The largest absolute Gasteiger partial charge is 0.461 e. The zero-order valence-corrected chi connectivity index (χ0v) is 27.5. The Morgan fingerprint density at radius 3 is 2.65 bits per heavy atom. The van der Waals surface area contributed by atoms with Gasteiger partial charge in [0, 0.05) is 62.9 Å². The van der Waals surface area contributed by atoms with Gasteiger partial charge in [0.2, 0.25) is 0 Å². The molecule has 5 aliphatic rings. The lowest BCUT2D eigenvalue weighted by molar-refractivity contribution is -0.140. The number of nitrogens with zero attached hydrogens (tertiary/aromatic N) is 5. The van der Waals surface area contributed by atoms with Gasteiger partial charge in [0.1, 0.15) is 19.0 Å². The molecule has 2 unspecified atom stereocenters. The minimum atomic E-state index is -4.81. The van der Waals surface area contributed by atoms with E-state index < -0.39 is 29.2 Å². The average Bonchev–Trinajstić information content (AvgIpc) is 3.71. The smallest absolute Gasteiger partial charge is 0.417 e. The number of nitrogen functional groups attached to an aromatic ring is 1. The maximum absolute atomic E-state index is 15.5. The lowest BCUT2D eigenvalue weighted by Gasteiger charge is -2.37. The van der Waals surface area contributed by atoms with Crippen LogP contribution in [0.5, 0.6) is 6.01 Å². The van der Waals surface area contributed by atoms with Gasteiger partial charge in [0.25, 0.3) is 0 Å². The average molecular weight is 678 g/mol. The Balaban J connectivity index is 1.18. The molecule has 0 saturated carbocycles. The minimum absolute atomic E-state index is 0.0775. The van der Waals surface area contributed by atoms with Crippen molar-refractivity contribution in [2.45, 2.75) is 94.4 Å². The van der Waals surface area contributed by atoms with Crippen molar-refractivity contribution >= 4 is 17.6 Å². The number of carbonyl (C=O) groups excluding carboxylic acids is 1. The summed E-state index contributed by atoms with van der Waals surface area (Å²) in [4.78, 5) is 27.7. The minimum Gasteiger partial charge on any atom is -0.461 e.